The van der Waals surface area contributed by atoms with E-state index in [-0.39, 0.29) is 0 Å². The van der Waals surface area contributed by atoms with Gasteiger partial charge in [-0.05, 0) is 56.3 Å². The highest BCUT2D eigenvalue weighted by Crippen LogP contribution is 2.33. The number of carbonyl (C=O) groups is 1. The number of ketones is 1. The summed E-state index contributed by atoms with van der Waals surface area (Å²) in [6, 6.07) is 6.03. The number of nitrogens with zero attached hydrogens (tertiary/aromatic N) is 5. The average molecular weight is 392 g/mol. The third-order valence-corrected chi connectivity index (χ3v) is 6.33. The molecule has 152 valence electrons. The number of anilines is 1. The summed E-state index contributed by atoms with van der Waals surface area (Å²) in [7, 11) is 2.13. The topological polar surface area (TPSA) is 73.1 Å². The predicted molar refractivity (Wildman–Crippen MR) is 114 cm³/mol. The van der Waals surface area contributed by atoms with Gasteiger partial charge < -0.3 is 9.80 Å². The van der Waals surface area contributed by atoms with Crippen molar-refractivity contribution < 1.29 is 4.79 Å². The Labute approximate surface area is 172 Å². The maximum absolute atomic E-state index is 12.7. The number of rotatable bonds is 5. The van der Waals surface area contributed by atoms with Gasteiger partial charge >= 0.3 is 0 Å². The molecule has 1 aromatic heterocycles. The molecule has 2 fully saturated rings. The van der Waals surface area contributed by atoms with Crippen molar-refractivity contribution in [3.8, 4) is 6.07 Å². The molecule has 0 saturated carbocycles. The second-order valence-electron chi connectivity index (χ2n) is 8.97. The molecule has 2 aliphatic rings. The summed E-state index contributed by atoms with van der Waals surface area (Å²) in [5.41, 5.74) is 3.01. The van der Waals surface area contributed by atoms with E-state index in [1.807, 2.05) is 12.1 Å². The molecule has 1 aromatic carbocycles. The van der Waals surface area contributed by atoms with Crippen LogP contribution in [0.15, 0.2) is 24.5 Å². The molecule has 29 heavy (non-hydrogen) atoms. The molecule has 1 unspecified atom stereocenters. The van der Waals surface area contributed by atoms with Crippen molar-refractivity contribution in [2.75, 3.05) is 38.1 Å². The minimum Gasteiger partial charge on any atom is -0.369 e. The Kier molecular flexibility index (Phi) is 5.77. The summed E-state index contributed by atoms with van der Waals surface area (Å²) in [6.07, 6.45) is 6.94. The molecule has 0 amide bonds. The van der Waals surface area contributed by atoms with E-state index in [1.54, 1.807) is 12.4 Å². The number of carbonyl (C=O) groups excluding carboxylic acids is 1. The lowest BCUT2D eigenvalue weighted by Gasteiger charge is -2.38. The van der Waals surface area contributed by atoms with E-state index in [0.29, 0.717) is 41.0 Å². The molecule has 0 aliphatic carbocycles. The lowest BCUT2D eigenvalue weighted by atomic mass is 9.85. The molecule has 2 aliphatic heterocycles. The zero-order valence-electron chi connectivity index (χ0n) is 17.3. The SMILES string of the molecule is C[C@H]1C[C@@H](CC(=O)CC2CCN(C)C2)CN(c2ccc(C#N)c3nccnc23)C1. The first-order valence-electron chi connectivity index (χ1n) is 10.6. The van der Waals surface area contributed by atoms with Crippen LogP contribution in [0, 0.1) is 29.1 Å². The van der Waals surface area contributed by atoms with Gasteiger partial charge in [-0.2, -0.15) is 5.26 Å². The maximum Gasteiger partial charge on any atom is 0.133 e. The highest BCUT2D eigenvalue weighted by Gasteiger charge is 2.29. The number of likely N-dealkylation sites (tertiary alicyclic amines) is 1. The normalized spacial score (nSPS) is 25.3. The largest absolute Gasteiger partial charge is 0.369 e. The van der Waals surface area contributed by atoms with Crippen molar-refractivity contribution in [1.82, 2.24) is 14.9 Å². The molecule has 0 radical (unpaired) electrons. The van der Waals surface area contributed by atoms with Crippen LogP contribution in [0.3, 0.4) is 0 Å². The first-order chi connectivity index (χ1) is 14.0. The number of aromatic nitrogens is 2. The Balaban J connectivity index is 1.49. The fourth-order valence-electron chi connectivity index (χ4n) is 5.13. The highest BCUT2D eigenvalue weighted by molar-refractivity contribution is 5.92. The van der Waals surface area contributed by atoms with Gasteiger partial charge in [-0.25, -0.2) is 0 Å². The van der Waals surface area contributed by atoms with Crippen molar-refractivity contribution in [2.45, 2.75) is 32.6 Å². The van der Waals surface area contributed by atoms with Crippen molar-refractivity contribution in [3.63, 3.8) is 0 Å². The van der Waals surface area contributed by atoms with E-state index < -0.39 is 0 Å². The number of benzene rings is 1. The molecule has 4 rings (SSSR count). The summed E-state index contributed by atoms with van der Waals surface area (Å²) >= 11 is 0. The van der Waals surface area contributed by atoms with Crippen LogP contribution in [-0.2, 0) is 4.79 Å². The van der Waals surface area contributed by atoms with Gasteiger partial charge in [-0.15, -0.1) is 0 Å². The van der Waals surface area contributed by atoms with Crippen LogP contribution in [0.25, 0.3) is 11.0 Å². The first-order valence-corrected chi connectivity index (χ1v) is 10.6. The molecule has 0 bridgehead atoms. The lowest BCUT2D eigenvalue weighted by Crippen LogP contribution is -2.40. The van der Waals surface area contributed by atoms with Gasteiger partial charge in [0.2, 0.25) is 0 Å². The van der Waals surface area contributed by atoms with E-state index in [9.17, 15) is 10.1 Å². The Hall–Kier alpha value is -2.52. The van der Waals surface area contributed by atoms with E-state index in [1.165, 1.54) is 0 Å². The molecule has 0 spiro atoms. The Morgan fingerprint density at radius 1 is 1.14 bits per heavy atom. The van der Waals surface area contributed by atoms with Gasteiger partial charge in [-0.3, -0.25) is 14.8 Å². The van der Waals surface area contributed by atoms with Crippen LogP contribution in [0.4, 0.5) is 5.69 Å². The minimum absolute atomic E-state index is 0.368. The third-order valence-electron chi connectivity index (χ3n) is 6.33. The Morgan fingerprint density at radius 3 is 2.62 bits per heavy atom. The summed E-state index contributed by atoms with van der Waals surface area (Å²) in [4.78, 5) is 26.3. The second kappa shape index (κ2) is 8.46. The molecule has 2 saturated heterocycles. The van der Waals surface area contributed by atoms with Gasteiger partial charge in [0.15, 0.2) is 0 Å². The average Bonchev–Trinajstić information content (AvgIpc) is 3.11. The third kappa shape index (κ3) is 4.40. The van der Waals surface area contributed by atoms with Crippen LogP contribution >= 0.6 is 0 Å². The number of fused-ring (bicyclic) bond motifs is 1. The van der Waals surface area contributed by atoms with Gasteiger partial charge in [0.25, 0.3) is 0 Å². The Bertz CT molecular complexity index is 937. The number of piperidine rings is 1. The number of hydrogen-bond acceptors (Lipinski definition) is 6. The van der Waals surface area contributed by atoms with Gasteiger partial charge in [0.05, 0.1) is 11.3 Å². The summed E-state index contributed by atoms with van der Waals surface area (Å²) < 4.78 is 0. The van der Waals surface area contributed by atoms with E-state index in [2.05, 4.69) is 39.8 Å². The fourth-order valence-corrected chi connectivity index (χ4v) is 5.13. The summed E-state index contributed by atoms with van der Waals surface area (Å²) in [5.74, 6) is 1.82. The second-order valence-corrected chi connectivity index (χ2v) is 8.97. The quantitative estimate of drug-likeness (QED) is 0.779. The zero-order valence-corrected chi connectivity index (χ0v) is 17.3. The van der Waals surface area contributed by atoms with Gasteiger partial charge in [-0.1, -0.05) is 6.92 Å². The zero-order chi connectivity index (χ0) is 20.4. The fraction of sp³-hybridized carbons (Fsp3) is 0.565. The predicted octanol–water partition coefficient (Wildman–Crippen LogP) is 3.26. The van der Waals surface area contributed by atoms with Crippen LogP contribution in [0.2, 0.25) is 0 Å². The standard InChI is InChI=1S/C23H29N5O/c1-16-9-18(11-20(29)10-17-5-8-27(2)14-17)15-28(13-16)21-4-3-19(12-24)22-23(21)26-7-6-25-22/h3-4,6-7,16-18H,5,8-11,13-15H2,1-2H3/t16-,17?,18-/m0/s1. The molecular formula is C23H29N5O. The number of nitriles is 1. The van der Waals surface area contributed by atoms with Gasteiger partial charge in [0.1, 0.15) is 22.9 Å². The molecular weight excluding hydrogens is 362 g/mol. The lowest BCUT2D eigenvalue weighted by molar-refractivity contribution is -0.120. The Morgan fingerprint density at radius 2 is 1.90 bits per heavy atom. The molecule has 3 atom stereocenters. The van der Waals surface area contributed by atoms with Crippen LogP contribution in [0.1, 0.15) is 38.2 Å². The van der Waals surface area contributed by atoms with Gasteiger partial charge in [0, 0.05) is 44.9 Å². The smallest absolute Gasteiger partial charge is 0.133 e. The molecule has 6 heteroatoms. The van der Waals surface area contributed by atoms with E-state index in [4.69, 9.17) is 0 Å². The molecule has 6 nitrogen and oxygen atoms in total. The monoisotopic (exact) mass is 391 g/mol. The van der Waals surface area contributed by atoms with Crippen LogP contribution in [-0.4, -0.2) is 53.9 Å². The summed E-state index contributed by atoms with van der Waals surface area (Å²) in [5, 5.41) is 9.38. The van der Waals surface area contributed by atoms with E-state index >= 15 is 0 Å². The van der Waals surface area contributed by atoms with Crippen molar-refractivity contribution in [2.24, 2.45) is 17.8 Å². The number of Topliss-reactive ketones (excluding diaryl/α,β-unsaturated/α-hetero) is 1. The molecule has 0 N–H and O–H groups in total. The maximum atomic E-state index is 12.7. The van der Waals surface area contributed by atoms with Crippen molar-refractivity contribution in [3.05, 3.63) is 30.1 Å². The van der Waals surface area contributed by atoms with Crippen molar-refractivity contribution >= 4 is 22.5 Å². The van der Waals surface area contributed by atoms with Crippen LogP contribution < -0.4 is 4.90 Å². The van der Waals surface area contributed by atoms with Crippen molar-refractivity contribution in [1.29, 1.82) is 5.26 Å². The number of hydrogen-bond donors (Lipinski definition) is 0. The minimum atomic E-state index is 0.368. The van der Waals surface area contributed by atoms with E-state index in [0.717, 1.165) is 56.6 Å². The highest BCUT2D eigenvalue weighted by atomic mass is 16.1. The molecule has 3 heterocycles. The summed E-state index contributed by atoms with van der Waals surface area (Å²) in [6.45, 7) is 6.22. The van der Waals surface area contributed by atoms with Crippen LogP contribution in [0.5, 0.6) is 0 Å². The molecule has 2 aromatic rings. The first kappa shape index (κ1) is 19.8.